The number of rotatable bonds is 11. The summed E-state index contributed by atoms with van der Waals surface area (Å²) in [5.74, 6) is -0.162. The maximum Gasteiger partial charge on any atom is 0.348 e. The van der Waals surface area contributed by atoms with E-state index in [0.29, 0.717) is 36.0 Å². The summed E-state index contributed by atoms with van der Waals surface area (Å²) in [6.45, 7) is 2.86. The molecule has 0 fully saturated rings. The van der Waals surface area contributed by atoms with Crippen molar-refractivity contribution in [3.63, 3.8) is 0 Å². The molecule has 0 spiro atoms. The van der Waals surface area contributed by atoms with Gasteiger partial charge < -0.3 is 25.3 Å². The highest BCUT2D eigenvalue weighted by Crippen LogP contribution is 2.20. The van der Waals surface area contributed by atoms with Crippen molar-refractivity contribution in [1.82, 2.24) is 20.5 Å². The number of aromatic nitrogens is 1. The molecule has 0 unspecified atom stereocenters. The minimum Gasteiger partial charge on any atom is -0.389 e. The molecule has 3 N–H and O–H groups in total. The van der Waals surface area contributed by atoms with E-state index in [1.54, 1.807) is 24.9 Å². The molecule has 0 saturated heterocycles. The number of urea groups is 1. The zero-order valence-corrected chi connectivity index (χ0v) is 24.7. The van der Waals surface area contributed by atoms with Crippen LogP contribution in [0.2, 0.25) is 0 Å². The molecule has 4 aromatic carbocycles. The van der Waals surface area contributed by atoms with Crippen molar-refractivity contribution in [1.29, 1.82) is 0 Å². The van der Waals surface area contributed by atoms with Gasteiger partial charge in [-0.1, -0.05) is 97.1 Å². The zero-order chi connectivity index (χ0) is 30.9. The molecule has 9 heteroatoms. The lowest BCUT2D eigenvalue weighted by Crippen LogP contribution is -2.42. The Bertz CT molecular complexity index is 1780. The highest BCUT2D eigenvalue weighted by atomic mass is 16.4. The topological polar surface area (TPSA) is 117 Å². The summed E-state index contributed by atoms with van der Waals surface area (Å²) in [6, 6.07) is 31.5. The van der Waals surface area contributed by atoms with E-state index in [1.807, 2.05) is 97.1 Å². The second kappa shape index (κ2) is 14.2. The van der Waals surface area contributed by atoms with E-state index >= 15 is 0 Å². The SMILES string of the molecule is Cc1c(CNC(=O)NCc2ccccc2)ccc2nc(N[C@@H](Cc3ccccc3)C(=O)N(C)Cc3ccccc3)oc(=O)c12. The smallest absolute Gasteiger partial charge is 0.348 e. The van der Waals surface area contributed by atoms with E-state index in [9.17, 15) is 14.4 Å². The van der Waals surface area contributed by atoms with Gasteiger partial charge in [-0.2, -0.15) is 4.98 Å². The van der Waals surface area contributed by atoms with Gasteiger partial charge in [-0.25, -0.2) is 9.59 Å². The largest absolute Gasteiger partial charge is 0.389 e. The minimum absolute atomic E-state index is 0.0320. The fraction of sp³-hybridized carbons (Fsp3) is 0.200. The van der Waals surface area contributed by atoms with Gasteiger partial charge in [-0.3, -0.25) is 4.79 Å². The maximum absolute atomic E-state index is 13.6. The Morgan fingerprint density at radius 3 is 2.05 bits per heavy atom. The molecule has 1 aromatic heterocycles. The van der Waals surface area contributed by atoms with Crippen LogP contribution in [0, 0.1) is 6.92 Å². The first-order valence-electron chi connectivity index (χ1n) is 14.5. The predicted molar refractivity (Wildman–Crippen MR) is 171 cm³/mol. The summed E-state index contributed by atoms with van der Waals surface area (Å²) < 4.78 is 5.61. The summed E-state index contributed by atoms with van der Waals surface area (Å²) in [5, 5.41) is 9.09. The van der Waals surface area contributed by atoms with Crippen LogP contribution in [-0.2, 0) is 30.8 Å². The summed E-state index contributed by atoms with van der Waals surface area (Å²) in [5.41, 5.74) is 4.24. The van der Waals surface area contributed by atoms with Crippen LogP contribution < -0.4 is 21.6 Å². The normalized spacial score (nSPS) is 11.5. The van der Waals surface area contributed by atoms with Crippen molar-refractivity contribution in [2.75, 3.05) is 12.4 Å². The molecule has 5 rings (SSSR count). The first-order valence-corrected chi connectivity index (χ1v) is 14.5. The van der Waals surface area contributed by atoms with Crippen molar-refractivity contribution >= 4 is 28.9 Å². The van der Waals surface area contributed by atoms with E-state index in [0.717, 1.165) is 22.3 Å². The number of fused-ring (bicyclic) bond motifs is 1. The number of carbonyl (C=O) groups excluding carboxylic acids is 2. The molecule has 0 bridgehead atoms. The van der Waals surface area contributed by atoms with Gasteiger partial charge in [-0.15, -0.1) is 0 Å². The third kappa shape index (κ3) is 7.69. The quantitative estimate of drug-likeness (QED) is 0.196. The monoisotopic (exact) mass is 589 g/mol. The Hall–Kier alpha value is -5.44. The van der Waals surface area contributed by atoms with E-state index in [4.69, 9.17) is 4.42 Å². The molecular weight excluding hydrogens is 554 g/mol. The molecule has 5 aromatic rings. The number of benzene rings is 4. The van der Waals surface area contributed by atoms with Crippen LogP contribution in [0.25, 0.3) is 10.9 Å². The molecule has 3 amide bonds. The number of nitrogens with zero attached hydrogens (tertiary/aromatic N) is 2. The molecular formula is C35H35N5O4. The summed E-state index contributed by atoms with van der Waals surface area (Å²) in [7, 11) is 1.75. The molecule has 44 heavy (non-hydrogen) atoms. The van der Waals surface area contributed by atoms with Gasteiger partial charge in [0.15, 0.2) is 0 Å². The van der Waals surface area contributed by atoms with Gasteiger partial charge in [0, 0.05) is 33.1 Å². The number of hydrogen-bond acceptors (Lipinski definition) is 6. The molecule has 0 aliphatic carbocycles. The highest BCUT2D eigenvalue weighted by molar-refractivity contribution is 5.86. The first-order chi connectivity index (χ1) is 21.4. The number of hydrogen-bond donors (Lipinski definition) is 3. The summed E-state index contributed by atoms with van der Waals surface area (Å²) >= 11 is 0. The second-order valence-corrected chi connectivity index (χ2v) is 10.6. The van der Waals surface area contributed by atoms with Crippen molar-refractivity contribution in [3.8, 4) is 0 Å². The second-order valence-electron chi connectivity index (χ2n) is 10.6. The van der Waals surface area contributed by atoms with Crippen LogP contribution in [0.1, 0.15) is 27.8 Å². The average Bonchev–Trinajstić information content (AvgIpc) is 3.04. The minimum atomic E-state index is -0.724. The van der Waals surface area contributed by atoms with Crippen LogP contribution in [-0.4, -0.2) is 34.9 Å². The van der Waals surface area contributed by atoms with Gasteiger partial charge in [0.1, 0.15) is 6.04 Å². The van der Waals surface area contributed by atoms with Crippen molar-refractivity contribution in [2.45, 2.75) is 39.0 Å². The van der Waals surface area contributed by atoms with Crippen LogP contribution in [0.15, 0.2) is 112 Å². The lowest BCUT2D eigenvalue weighted by Gasteiger charge is -2.25. The van der Waals surface area contributed by atoms with E-state index in [1.165, 1.54) is 0 Å². The van der Waals surface area contributed by atoms with Crippen LogP contribution in [0.5, 0.6) is 0 Å². The molecule has 9 nitrogen and oxygen atoms in total. The zero-order valence-electron chi connectivity index (χ0n) is 24.7. The number of aryl methyl sites for hydroxylation is 1. The number of amides is 3. The lowest BCUT2D eigenvalue weighted by atomic mass is 10.0. The van der Waals surface area contributed by atoms with Gasteiger partial charge >= 0.3 is 11.7 Å². The van der Waals surface area contributed by atoms with Crippen molar-refractivity contribution in [3.05, 3.63) is 141 Å². The predicted octanol–water partition coefficient (Wildman–Crippen LogP) is 5.18. The van der Waals surface area contributed by atoms with E-state index in [-0.39, 0.29) is 24.5 Å². The fourth-order valence-electron chi connectivity index (χ4n) is 5.03. The lowest BCUT2D eigenvalue weighted by molar-refractivity contribution is -0.131. The Labute approximate surface area is 255 Å². The van der Waals surface area contributed by atoms with Crippen LogP contribution >= 0.6 is 0 Å². The van der Waals surface area contributed by atoms with Crippen molar-refractivity contribution < 1.29 is 14.0 Å². The third-order valence-corrected chi connectivity index (χ3v) is 7.42. The van der Waals surface area contributed by atoms with Crippen LogP contribution in [0.4, 0.5) is 10.8 Å². The highest BCUT2D eigenvalue weighted by Gasteiger charge is 2.25. The number of likely N-dealkylation sites (N-methyl/N-ethyl adjacent to an activating group) is 1. The van der Waals surface area contributed by atoms with Gasteiger partial charge in [0.05, 0.1) is 10.9 Å². The summed E-state index contributed by atoms with van der Waals surface area (Å²) in [6.07, 6.45) is 0.373. The fourth-order valence-corrected chi connectivity index (χ4v) is 5.03. The number of carbonyl (C=O) groups is 2. The maximum atomic E-state index is 13.6. The van der Waals surface area contributed by atoms with Crippen LogP contribution in [0.3, 0.4) is 0 Å². The van der Waals surface area contributed by atoms with E-state index in [2.05, 4.69) is 20.9 Å². The Kier molecular flexibility index (Phi) is 9.66. The molecule has 0 saturated carbocycles. The van der Waals surface area contributed by atoms with Gasteiger partial charge in [-0.05, 0) is 40.8 Å². The molecule has 224 valence electrons. The average molecular weight is 590 g/mol. The van der Waals surface area contributed by atoms with E-state index < -0.39 is 11.7 Å². The Morgan fingerprint density at radius 2 is 1.39 bits per heavy atom. The first kappa shape index (κ1) is 30.0. The molecule has 0 aliphatic rings. The van der Waals surface area contributed by atoms with Gasteiger partial charge in [0.25, 0.3) is 6.01 Å². The number of nitrogens with one attached hydrogen (secondary N) is 3. The molecule has 0 aliphatic heterocycles. The van der Waals surface area contributed by atoms with Gasteiger partial charge in [0.2, 0.25) is 5.91 Å². The molecule has 1 atom stereocenters. The molecule has 0 radical (unpaired) electrons. The third-order valence-electron chi connectivity index (χ3n) is 7.42. The summed E-state index contributed by atoms with van der Waals surface area (Å²) in [4.78, 5) is 45.4. The standard InChI is InChI=1S/C35H35N5O4/c1-24-28(22-37-34(43)36-21-26-14-8-4-9-15-26)18-19-29-31(24)33(42)44-35(38-29)39-30(20-25-12-6-3-7-13-25)32(41)40(2)23-27-16-10-5-11-17-27/h3-19,30H,20-23H2,1-2H3,(H,38,39)(H2,36,37,43)/t30-/m0/s1. The number of anilines is 1. The van der Waals surface area contributed by atoms with Crippen molar-refractivity contribution in [2.24, 2.45) is 0 Å². The Morgan fingerprint density at radius 1 is 0.795 bits per heavy atom. The Balaban J connectivity index is 1.31. The molecule has 1 heterocycles.